The van der Waals surface area contributed by atoms with Crippen LogP contribution in [0, 0.1) is 0 Å². The van der Waals surface area contributed by atoms with Gasteiger partial charge in [0.2, 0.25) is 0 Å². The van der Waals surface area contributed by atoms with Crippen molar-refractivity contribution >= 4 is 34.1 Å². The fraction of sp³-hybridized carbons (Fsp3) is 0.200. The quantitative estimate of drug-likeness (QED) is 0.744. The minimum Gasteiger partial charge on any atom is -0.506 e. The molecule has 1 aromatic heterocycles. The van der Waals surface area contributed by atoms with Gasteiger partial charge in [-0.2, -0.15) is 0 Å². The molecule has 1 amide bonds. The van der Waals surface area contributed by atoms with Crippen LogP contribution in [0.15, 0.2) is 47.3 Å². The molecule has 140 valence electrons. The van der Waals surface area contributed by atoms with E-state index in [4.69, 9.17) is 16.3 Å². The minimum absolute atomic E-state index is 0.266. The van der Waals surface area contributed by atoms with Crippen LogP contribution in [0.2, 0.25) is 5.02 Å². The first-order chi connectivity index (χ1) is 12.9. The second-order valence-corrected chi connectivity index (χ2v) is 6.38. The maximum Gasteiger partial charge on any atom is 0.267 e. The van der Waals surface area contributed by atoms with E-state index in [9.17, 15) is 14.7 Å². The summed E-state index contributed by atoms with van der Waals surface area (Å²) in [6.45, 7) is 2.10. The normalized spacial score (nSPS) is 10.8. The number of halogens is 1. The molecule has 0 unspecified atom stereocenters. The summed E-state index contributed by atoms with van der Waals surface area (Å²) in [6, 6.07) is 11.8. The van der Waals surface area contributed by atoms with Crippen LogP contribution in [0.5, 0.6) is 11.5 Å². The number of amides is 1. The summed E-state index contributed by atoms with van der Waals surface area (Å²) >= 11 is 6.21. The highest BCUT2D eigenvalue weighted by Gasteiger charge is 2.26. The number of carbonyl (C=O) groups excluding carboxylic acids is 1. The average molecular weight is 387 g/mol. The standard InChI is InChI=1S/C20H19ClN2O4/c1-4-23(12-8-10-13(27-3)11-9-12)20(26)17-18(24)16-14(21)6-5-7-15(16)22(2)19(17)25/h5-11,24H,4H2,1-3H3. The fourth-order valence-electron chi connectivity index (χ4n) is 3.06. The number of hydrogen-bond donors (Lipinski definition) is 1. The lowest BCUT2D eigenvalue weighted by atomic mass is 10.1. The topological polar surface area (TPSA) is 71.8 Å². The SMILES string of the molecule is CCN(C(=O)c1c(O)c2c(Cl)cccc2n(C)c1=O)c1ccc(OC)cc1. The highest BCUT2D eigenvalue weighted by atomic mass is 35.5. The van der Waals surface area contributed by atoms with Crippen LogP contribution in [-0.4, -0.2) is 29.2 Å². The number of methoxy groups -OCH3 is 1. The van der Waals surface area contributed by atoms with E-state index < -0.39 is 17.2 Å². The van der Waals surface area contributed by atoms with Crippen LogP contribution in [0.1, 0.15) is 17.3 Å². The molecule has 0 aliphatic rings. The van der Waals surface area contributed by atoms with E-state index in [1.165, 1.54) is 9.47 Å². The Kier molecular flexibility index (Phi) is 5.10. The molecule has 0 aliphatic carbocycles. The smallest absolute Gasteiger partial charge is 0.267 e. The first-order valence-corrected chi connectivity index (χ1v) is 8.74. The van der Waals surface area contributed by atoms with E-state index in [0.29, 0.717) is 23.5 Å². The van der Waals surface area contributed by atoms with Crippen LogP contribution in [0.3, 0.4) is 0 Å². The molecule has 27 heavy (non-hydrogen) atoms. The van der Waals surface area contributed by atoms with Gasteiger partial charge in [0, 0.05) is 19.3 Å². The summed E-state index contributed by atoms with van der Waals surface area (Å²) in [4.78, 5) is 27.4. The van der Waals surface area contributed by atoms with Crippen molar-refractivity contribution in [3.8, 4) is 11.5 Å². The molecular formula is C20H19ClN2O4. The van der Waals surface area contributed by atoms with Crippen LogP contribution < -0.4 is 15.2 Å². The molecule has 0 fully saturated rings. The zero-order chi connectivity index (χ0) is 19.7. The van der Waals surface area contributed by atoms with Crippen molar-refractivity contribution < 1.29 is 14.6 Å². The van der Waals surface area contributed by atoms with Gasteiger partial charge in [-0.05, 0) is 43.3 Å². The van der Waals surface area contributed by atoms with E-state index in [2.05, 4.69) is 0 Å². The summed E-state index contributed by atoms with van der Waals surface area (Å²) < 4.78 is 6.45. The van der Waals surface area contributed by atoms with E-state index in [1.807, 2.05) is 0 Å². The van der Waals surface area contributed by atoms with Gasteiger partial charge in [0.1, 0.15) is 17.1 Å². The molecule has 6 nitrogen and oxygen atoms in total. The van der Waals surface area contributed by atoms with Crippen LogP contribution in [0.4, 0.5) is 5.69 Å². The highest BCUT2D eigenvalue weighted by molar-refractivity contribution is 6.36. The Labute approximate surface area is 161 Å². The molecule has 0 atom stereocenters. The number of anilines is 1. The maximum atomic E-state index is 13.2. The molecule has 1 heterocycles. The molecule has 7 heteroatoms. The van der Waals surface area contributed by atoms with Crippen molar-refractivity contribution in [2.75, 3.05) is 18.6 Å². The highest BCUT2D eigenvalue weighted by Crippen LogP contribution is 2.33. The molecular weight excluding hydrogens is 368 g/mol. The number of aromatic hydroxyl groups is 1. The second-order valence-electron chi connectivity index (χ2n) is 5.97. The van der Waals surface area contributed by atoms with E-state index in [1.54, 1.807) is 63.5 Å². The summed E-state index contributed by atoms with van der Waals surface area (Å²) in [7, 11) is 3.10. The summed E-state index contributed by atoms with van der Waals surface area (Å²) in [5.74, 6) is -0.350. The Balaban J connectivity index is 2.19. The number of aryl methyl sites for hydroxylation is 1. The maximum absolute atomic E-state index is 13.2. The molecule has 2 aromatic carbocycles. The van der Waals surface area contributed by atoms with Gasteiger partial charge in [0.05, 0.1) is 23.0 Å². The van der Waals surface area contributed by atoms with Gasteiger partial charge >= 0.3 is 0 Å². The van der Waals surface area contributed by atoms with Gasteiger partial charge < -0.3 is 19.3 Å². The number of aromatic nitrogens is 1. The lowest BCUT2D eigenvalue weighted by molar-refractivity contribution is 0.0984. The predicted molar refractivity (Wildman–Crippen MR) is 106 cm³/mol. The Morgan fingerprint density at radius 1 is 1.22 bits per heavy atom. The minimum atomic E-state index is -0.595. The number of nitrogens with zero attached hydrogens (tertiary/aromatic N) is 2. The number of ether oxygens (including phenoxy) is 1. The number of benzene rings is 2. The largest absolute Gasteiger partial charge is 0.506 e. The van der Waals surface area contributed by atoms with Crippen molar-refractivity contribution in [3.05, 3.63) is 63.4 Å². The molecule has 3 rings (SSSR count). The first-order valence-electron chi connectivity index (χ1n) is 8.36. The lowest BCUT2D eigenvalue weighted by Gasteiger charge is -2.22. The molecule has 3 aromatic rings. The second kappa shape index (κ2) is 7.32. The van der Waals surface area contributed by atoms with Gasteiger partial charge in [-0.1, -0.05) is 17.7 Å². The van der Waals surface area contributed by atoms with E-state index >= 15 is 0 Å². The number of pyridine rings is 1. The molecule has 0 saturated heterocycles. The lowest BCUT2D eigenvalue weighted by Crippen LogP contribution is -2.36. The molecule has 0 bridgehead atoms. The number of fused-ring (bicyclic) bond motifs is 1. The van der Waals surface area contributed by atoms with Crippen molar-refractivity contribution in [2.45, 2.75) is 6.92 Å². The number of rotatable bonds is 4. The summed E-state index contributed by atoms with van der Waals surface area (Å²) in [5, 5.41) is 11.3. The Morgan fingerprint density at radius 3 is 2.48 bits per heavy atom. The van der Waals surface area contributed by atoms with Crippen molar-refractivity contribution in [3.63, 3.8) is 0 Å². The fourth-order valence-corrected chi connectivity index (χ4v) is 3.32. The molecule has 1 N–H and O–H groups in total. The first kappa shape index (κ1) is 18.8. The van der Waals surface area contributed by atoms with Crippen molar-refractivity contribution in [1.29, 1.82) is 0 Å². The van der Waals surface area contributed by atoms with Gasteiger partial charge in [-0.25, -0.2) is 0 Å². The Hall–Kier alpha value is -2.99. The molecule has 0 aliphatic heterocycles. The van der Waals surface area contributed by atoms with Crippen LogP contribution in [0.25, 0.3) is 10.9 Å². The zero-order valence-electron chi connectivity index (χ0n) is 15.2. The van der Waals surface area contributed by atoms with Crippen molar-refractivity contribution in [2.24, 2.45) is 7.05 Å². The van der Waals surface area contributed by atoms with Crippen LogP contribution >= 0.6 is 11.6 Å². The third-order valence-electron chi connectivity index (χ3n) is 4.50. The van der Waals surface area contributed by atoms with E-state index in [-0.39, 0.29) is 16.0 Å². The summed E-state index contributed by atoms with van der Waals surface area (Å²) in [6.07, 6.45) is 0. The molecule has 0 spiro atoms. The summed E-state index contributed by atoms with van der Waals surface area (Å²) in [5.41, 5.74) is 0.146. The third-order valence-corrected chi connectivity index (χ3v) is 4.82. The predicted octanol–water partition coefficient (Wildman–Crippen LogP) is 3.57. The monoisotopic (exact) mass is 386 g/mol. The molecule has 0 saturated carbocycles. The van der Waals surface area contributed by atoms with Gasteiger partial charge in [-0.3, -0.25) is 9.59 Å². The number of hydrogen-bond acceptors (Lipinski definition) is 4. The number of carbonyl (C=O) groups is 1. The van der Waals surface area contributed by atoms with Crippen molar-refractivity contribution in [1.82, 2.24) is 4.57 Å². The zero-order valence-corrected chi connectivity index (χ0v) is 15.9. The van der Waals surface area contributed by atoms with E-state index in [0.717, 1.165) is 0 Å². The van der Waals surface area contributed by atoms with Gasteiger partial charge in [0.25, 0.3) is 11.5 Å². The van der Waals surface area contributed by atoms with Crippen LogP contribution in [-0.2, 0) is 7.05 Å². The average Bonchev–Trinajstić information content (AvgIpc) is 2.67. The Morgan fingerprint density at radius 2 is 1.89 bits per heavy atom. The van der Waals surface area contributed by atoms with Gasteiger partial charge in [0.15, 0.2) is 0 Å². The molecule has 0 radical (unpaired) electrons. The Bertz CT molecular complexity index is 1070. The van der Waals surface area contributed by atoms with Gasteiger partial charge in [-0.15, -0.1) is 0 Å². The third kappa shape index (κ3) is 3.13.